The molecule has 182 valence electrons. The quantitative estimate of drug-likeness (QED) is 0.495. The molecule has 3 atom stereocenters. The summed E-state index contributed by atoms with van der Waals surface area (Å²) in [5.41, 5.74) is 2.54. The standard InChI is InChI=1S/C27H33ClN2O4/c1-29-19-4-5-20(29)16-23(15-19)34-26-9-6-21(17-25(26)28)30-11-10-18-14-22(33-13-3-12-32-2)7-8-24(18)27(30)31/h6-9,14,17,19-20,23H,3-5,10-13,15-16H2,1-2H3/t19-,20+,23+. The van der Waals surface area contributed by atoms with Gasteiger partial charge in [0, 0.05) is 50.0 Å². The lowest BCUT2D eigenvalue weighted by Gasteiger charge is -2.36. The maximum atomic E-state index is 13.2. The molecule has 0 aliphatic carbocycles. The summed E-state index contributed by atoms with van der Waals surface area (Å²) in [6.45, 7) is 1.87. The highest BCUT2D eigenvalue weighted by atomic mass is 35.5. The molecule has 2 saturated heterocycles. The lowest BCUT2D eigenvalue weighted by molar-refractivity contribution is 0.0662. The summed E-state index contributed by atoms with van der Waals surface area (Å²) in [6.07, 6.45) is 6.41. The van der Waals surface area contributed by atoms with E-state index in [9.17, 15) is 4.79 Å². The van der Waals surface area contributed by atoms with Crippen LogP contribution in [0.15, 0.2) is 36.4 Å². The number of amides is 1. The van der Waals surface area contributed by atoms with Gasteiger partial charge in [-0.2, -0.15) is 0 Å². The van der Waals surface area contributed by atoms with E-state index < -0.39 is 0 Å². The van der Waals surface area contributed by atoms with E-state index in [4.69, 9.17) is 25.8 Å². The second-order valence-electron chi connectivity index (χ2n) is 9.60. The van der Waals surface area contributed by atoms with E-state index in [2.05, 4.69) is 11.9 Å². The topological polar surface area (TPSA) is 51.2 Å². The van der Waals surface area contributed by atoms with Crippen LogP contribution in [0.1, 0.15) is 48.0 Å². The normalized spacial score (nSPS) is 24.3. The molecule has 3 heterocycles. The Labute approximate surface area is 206 Å². The molecule has 0 N–H and O–H groups in total. The molecular formula is C27H33ClN2O4. The highest BCUT2D eigenvalue weighted by molar-refractivity contribution is 6.32. The SMILES string of the molecule is COCCCOc1ccc2c(c1)CCN(c1ccc(O[C@H]3C[C@H]4CC[C@@H](C3)N4C)c(Cl)c1)C2=O. The third kappa shape index (κ3) is 4.77. The lowest BCUT2D eigenvalue weighted by atomic mass is 9.98. The minimum absolute atomic E-state index is 0.0104. The van der Waals surface area contributed by atoms with Crippen molar-refractivity contribution in [2.45, 2.75) is 56.7 Å². The van der Waals surface area contributed by atoms with Crippen molar-refractivity contribution in [2.75, 3.05) is 38.8 Å². The number of fused-ring (bicyclic) bond motifs is 3. The molecule has 0 spiro atoms. The number of halogens is 1. The number of piperidine rings is 1. The fourth-order valence-electron chi connectivity index (χ4n) is 5.58. The van der Waals surface area contributed by atoms with Gasteiger partial charge in [0.25, 0.3) is 5.91 Å². The Morgan fingerprint density at radius 2 is 1.85 bits per heavy atom. The molecule has 7 heteroatoms. The molecule has 1 amide bonds. The summed E-state index contributed by atoms with van der Waals surface area (Å²) in [6, 6.07) is 12.7. The van der Waals surface area contributed by atoms with Crippen molar-refractivity contribution in [2.24, 2.45) is 0 Å². The second kappa shape index (κ2) is 10.1. The summed E-state index contributed by atoms with van der Waals surface area (Å²) in [5, 5.41) is 0.558. The van der Waals surface area contributed by atoms with Crippen LogP contribution in [-0.4, -0.2) is 62.9 Å². The Kier molecular flexibility index (Phi) is 7.00. The third-order valence-corrected chi connectivity index (χ3v) is 7.79. The molecule has 0 unspecified atom stereocenters. The number of nitrogens with zero attached hydrogens (tertiary/aromatic N) is 2. The Morgan fingerprint density at radius 1 is 1.06 bits per heavy atom. The summed E-state index contributed by atoms with van der Waals surface area (Å²) in [5.74, 6) is 1.49. The first-order chi connectivity index (χ1) is 16.5. The molecule has 34 heavy (non-hydrogen) atoms. The van der Waals surface area contributed by atoms with Gasteiger partial charge in [-0.25, -0.2) is 0 Å². The fraction of sp³-hybridized carbons (Fsp3) is 0.519. The fourth-order valence-corrected chi connectivity index (χ4v) is 5.80. The lowest BCUT2D eigenvalue weighted by Crippen LogP contribution is -2.43. The molecule has 6 nitrogen and oxygen atoms in total. The smallest absolute Gasteiger partial charge is 0.258 e. The molecule has 2 aromatic carbocycles. The minimum atomic E-state index is -0.0104. The van der Waals surface area contributed by atoms with Gasteiger partial charge >= 0.3 is 0 Å². The van der Waals surface area contributed by atoms with E-state index in [0.717, 1.165) is 42.7 Å². The predicted octanol–water partition coefficient (Wildman–Crippen LogP) is 4.96. The third-order valence-electron chi connectivity index (χ3n) is 7.49. The molecular weight excluding hydrogens is 452 g/mol. The molecule has 0 saturated carbocycles. The van der Waals surface area contributed by atoms with E-state index in [0.29, 0.717) is 48.2 Å². The summed E-state index contributed by atoms with van der Waals surface area (Å²) in [4.78, 5) is 17.5. The zero-order valence-corrected chi connectivity index (χ0v) is 20.7. The van der Waals surface area contributed by atoms with Crippen molar-refractivity contribution in [3.63, 3.8) is 0 Å². The Morgan fingerprint density at radius 3 is 2.59 bits per heavy atom. The van der Waals surface area contributed by atoms with Crippen LogP contribution in [-0.2, 0) is 11.2 Å². The molecule has 2 bridgehead atoms. The van der Waals surface area contributed by atoms with Gasteiger partial charge in [0.1, 0.15) is 17.6 Å². The van der Waals surface area contributed by atoms with Gasteiger partial charge in [0.2, 0.25) is 0 Å². The van der Waals surface area contributed by atoms with Gasteiger partial charge < -0.3 is 24.0 Å². The van der Waals surface area contributed by atoms with Crippen LogP contribution in [0.5, 0.6) is 11.5 Å². The number of carbonyl (C=O) groups is 1. The first-order valence-corrected chi connectivity index (χ1v) is 12.7. The highest BCUT2D eigenvalue weighted by Gasteiger charge is 2.39. The van der Waals surface area contributed by atoms with Crippen molar-refractivity contribution in [1.29, 1.82) is 0 Å². The van der Waals surface area contributed by atoms with E-state index in [-0.39, 0.29) is 12.0 Å². The van der Waals surface area contributed by atoms with Crippen LogP contribution in [0.4, 0.5) is 5.69 Å². The predicted molar refractivity (Wildman–Crippen MR) is 133 cm³/mol. The number of anilines is 1. The van der Waals surface area contributed by atoms with Gasteiger partial charge in [-0.3, -0.25) is 4.79 Å². The van der Waals surface area contributed by atoms with E-state index in [1.807, 2.05) is 36.4 Å². The highest BCUT2D eigenvalue weighted by Crippen LogP contribution is 2.38. The van der Waals surface area contributed by atoms with Gasteiger partial charge in [0.15, 0.2) is 0 Å². The summed E-state index contributed by atoms with van der Waals surface area (Å²) in [7, 11) is 3.91. The van der Waals surface area contributed by atoms with Crippen LogP contribution < -0.4 is 14.4 Å². The molecule has 0 aromatic heterocycles. The van der Waals surface area contributed by atoms with Crippen LogP contribution >= 0.6 is 11.6 Å². The number of benzene rings is 2. The van der Waals surface area contributed by atoms with Gasteiger partial charge in [0.05, 0.1) is 11.6 Å². The zero-order chi connectivity index (χ0) is 23.7. The van der Waals surface area contributed by atoms with E-state index >= 15 is 0 Å². The molecule has 0 radical (unpaired) electrons. The Hall–Kier alpha value is -2.28. The molecule has 2 aromatic rings. The monoisotopic (exact) mass is 484 g/mol. The van der Waals surface area contributed by atoms with Crippen LogP contribution in [0.25, 0.3) is 0 Å². The number of methoxy groups -OCH3 is 1. The van der Waals surface area contributed by atoms with Gasteiger partial charge in [-0.05, 0) is 81.1 Å². The Balaban J connectivity index is 1.24. The maximum Gasteiger partial charge on any atom is 0.258 e. The molecule has 3 aliphatic rings. The molecule has 5 rings (SSSR count). The van der Waals surface area contributed by atoms with Crippen LogP contribution in [0, 0.1) is 0 Å². The van der Waals surface area contributed by atoms with Crippen molar-refractivity contribution in [1.82, 2.24) is 4.90 Å². The van der Waals surface area contributed by atoms with Crippen molar-refractivity contribution in [3.8, 4) is 11.5 Å². The number of hydrogen-bond acceptors (Lipinski definition) is 5. The van der Waals surface area contributed by atoms with Crippen molar-refractivity contribution < 1.29 is 19.0 Å². The van der Waals surface area contributed by atoms with Gasteiger partial charge in [-0.15, -0.1) is 0 Å². The number of rotatable bonds is 8. The largest absolute Gasteiger partial charge is 0.493 e. The number of carbonyl (C=O) groups excluding carboxylic acids is 1. The van der Waals surface area contributed by atoms with Crippen LogP contribution in [0.2, 0.25) is 5.02 Å². The minimum Gasteiger partial charge on any atom is -0.493 e. The molecule has 2 fully saturated rings. The average Bonchev–Trinajstić information content (AvgIpc) is 3.03. The molecule has 3 aliphatic heterocycles. The average molecular weight is 485 g/mol. The first kappa shape index (κ1) is 23.5. The van der Waals surface area contributed by atoms with E-state index in [1.54, 1.807) is 12.0 Å². The van der Waals surface area contributed by atoms with Crippen molar-refractivity contribution >= 4 is 23.2 Å². The van der Waals surface area contributed by atoms with Crippen LogP contribution in [0.3, 0.4) is 0 Å². The first-order valence-electron chi connectivity index (χ1n) is 12.3. The summed E-state index contributed by atoms with van der Waals surface area (Å²) >= 11 is 6.63. The maximum absolute atomic E-state index is 13.2. The zero-order valence-electron chi connectivity index (χ0n) is 20.0. The van der Waals surface area contributed by atoms with Crippen molar-refractivity contribution in [3.05, 3.63) is 52.5 Å². The number of hydrogen-bond donors (Lipinski definition) is 0. The van der Waals surface area contributed by atoms with E-state index in [1.165, 1.54) is 12.8 Å². The second-order valence-corrected chi connectivity index (χ2v) is 10.0. The number of ether oxygens (including phenoxy) is 3. The van der Waals surface area contributed by atoms with Gasteiger partial charge in [-0.1, -0.05) is 11.6 Å². The Bertz CT molecular complexity index is 1030. The summed E-state index contributed by atoms with van der Waals surface area (Å²) < 4.78 is 17.2.